The Kier molecular flexibility index (Phi) is 5.02. The van der Waals surface area contributed by atoms with Gasteiger partial charge in [0.15, 0.2) is 0 Å². The fourth-order valence-corrected chi connectivity index (χ4v) is 1.91. The van der Waals surface area contributed by atoms with Crippen LogP contribution in [0.4, 0.5) is 8.78 Å². The van der Waals surface area contributed by atoms with Crippen molar-refractivity contribution >= 4 is 21.9 Å². The maximum atomic E-state index is 13.4. The lowest BCUT2D eigenvalue weighted by molar-refractivity contribution is -0.145. The van der Waals surface area contributed by atoms with Gasteiger partial charge in [-0.3, -0.25) is 4.79 Å². The first-order valence-electron chi connectivity index (χ1n) is 4.94. The molecule has 0 spiro atoms. The molecule has 6 heteroatoms. The Balaban J connectivity index is 2.92. The second-order valence-electron chi connectivity index (χ2n) is 3.28. The van der Waals surface area contributed by atoms with Crippen LogP contribution in [-0.2, 0) is 9.53 Å². The molecular weight excluding hydrogens is 298 g/mol. The summed E-state index contributed by atoms with van der Waals surface area (Å²) < 4.78 is 31.0. The van der Waals surface area contributed by atoms with Crippen molar-refractivity contribution in [3.63, 3.8) is 0 Å². The molecule has 1 N–H and O–H groups in total. The first kappa shape index (κ1) is 14.1. The molecule has 0 aliphatic rings. The summed E-state index contributed by atoms with van der Waals surface area (Å²) in [6.07, 6.45) is -1.87. The Labute approximate surface area is 106 Å². The summed E-state index contributed by atoms with van der Waals surface area (Å²) in [6, 6.07) is 1.82. The number of ether oxygens (including phenoxy) is 1. The summed E-state index contributed by atoms with van der Waals surface area (Å²) in [6.45, 7) is 1.78. The van der Waals surface area contributed by atoms with E-state index < -0.39 is 30.1 Å². The number of rotatable bonds is 4. The molecule has 1 unspecified atom stereocenters. The van der Waals surface area contributed by atoms with Crippen LogP contribution in [0.25, 0.3) is 0 Å². The van der Waals surface area contributed by atoms with E-state index in [0.29, 0.717) is 0 Å². The van der Waals surface area contributed by atoms with Gasteiger partial charge in [0.05, 0.1) is 23.6 Å². The van der Waals surface area contributed by atoms with Crippen molar-refractivity contribution in [2.24, 2.45) is 0 Å². The Hall–Kier alpha value is -1.01. The van der Waals surface area contributed by atoms with Crippen LogP contribution in [0.3, 0.4) is 0 Å². The molecule has 0 saturated carbocycles. The van der Waals surface area contributed by atoms with Crippen molar-refractivity contribution in [2.45, 2.75) is 19.4 Å². The predicted octanol–water partition coefficient (Wildman–Crippen LogP) is 2.71. The zero-order valence-corrected chi connectivity index (χ0v) is 10.6. The van der Waals surface area contributed by atoms with E-state index >= 15 is 0 Å². The van der Waals surface area contributed by atoms with E-state index in [2.05, 4.69) is 20.7 Å². The number of carbonyl (C=O) groups excluding carboxylic acids is 1. The minimum Gasteiger partial charge on any atom is -0.466 e. The van der Waals surface area contributed by atoms with E-state index in [0.717, 1.165) is 12.1 Å². The summed E-state index contributed by atoms with van der Waals surface area (Å²) in [5.74, 6) is -2.16. The molecule has 1 rings (SSSR count). The van der Waals surface area contributed by atoms with E-state index in [1.165, 1.54) is 0 Å². The number of aliphatic hydroxyl groups excluding tert-OH is 1. The van der Waals surface area contributed by atoms with Crippen LogP contribution < -0.4 is 0 Å². The molecule has 0 aliphatic heterocycles. The maximum Gasteiger partial charge on any atom is 0.308 e. The van der Waals surface area contributed by atoms with E-state index in [1.54, 1.807) is 6.92 Å². The molecule has 0 aromatic heterocycles. The van der Waals surface area contributed by atoms with Gasteiger partial charge in [0, 0.05) is 5.56 Å². The van der Waals surface area contributed by atoms with Crippen LogP contribution in [0.15, 0.2) is 16.6 Å². The van der Waals surface area contributed by atoms with Crippen LogP contribution in [0, 0.1) is 11.6 Å². The lowest BCUT2D eigenvalue weighted by atomic mass is 10.1. The average molecular weight is 309 g/mol. The van der Waals surface area contributed by atoms with Crippen LogP contribution in [0.5, 0.6) is 0 Å². The van der Waals surface area contributed by atoms with Crippen molar-refractivity contribution in [2.75, 3.05) is 6.61 Å². The van der Waals surface area contributed by atoms with E-state index in [-0.39, 0.29) is 16.6 Å². The summed E-state index contributed by atoms with van der Waals surface area (Å²) in [4.78, 5) is 11.1. The largest absolute Gasteiger partial charge is 0.466 e. The highest BCUT2D eigenvalue weighted by Gasteiger charge is 2.22. The Morgan fingerprint density at radius 1 is 1.47 bits per heavy atom. The number of hydrogen-bond acceptors (Lipinski definition) is 3. The lowest BCUT2D eigenvalue weighted by Crippen LogP contribution is -2.12. The topological polar surface area (TPSA) is 46.5 Å². The third-order valence-corrected chi connectivity index (χ3v) is 2.88. The third kappa shape index (κ3) is 3.47. The van der Waals surface area contributed by atoms with Gasteiger partial charge in [-0.1, -0.05) is 0 Å². The standard InChI is InChI=1S/C11H11BrF2O3/c1-2-17-9(16)5-8(15)10-6(13)3-4-7(14)11(10)12/h3-4,8,15H,2,5H2,1H3. The lowest BCUT2D eigenvalue weighted by Gasteiger charge is -2.13. The zero-order chi connectivity index (χ0) is 13.0. The fourth-order valence-electron chi connectivity index (χ4n) is 1.33. The van der Waals surface area contributed by atoms with Crippen LogP contribution in [0.2, 0.25) is 0 Å². The van der Waals surface area contributed by atoms with Gasteiger partial charge < -0.3 is 9.84 Å². The number of hydrogen-bond donors (Lipinski definition) is 1. The molecule has 0 fully saturated rings. The van der Waals surface area contributed by atoms with Crippen molar-refractivity contribution in [3.05, 3.63) is 33.8 Å². The average Bonchev–Trinajstić information content (AvgIpc) is 2.24. The van der Waals surface area contributed by atoms with Gasteiger partial charge in [-0.05, 0) is 35.0 Å². The number of benzene rings is 1. The Morgan fingerprint density at radius 3 is 2.65 bits per heavy atom. The van der Waals surface area contributed by atoms with E-state index in [9.17, 15) is 18.7 Å². The summed E-state index contributed by atoms with van der Waals surface area (Å²) in [7, 11) is 0. The first-order valence-corrected chi connectivity index (χ1v) is 5.73. The highest BCUT2D eigenvalue weighted by Crippen LogP contribution is 2.30. The molecule has 0 heterocycles. The maximum absolute atomic E-state index is 13.4. The van der Waals surface area contributed by atoms with Gasteiger partial charge >= 0.3 is 5.97 Å². The van der Waals surface area contributed by atoms with Gasteiger partial charge in [0.2, 0.25) is 0 Å². The van der Waals surface area contributed by atoms with Gasteiger partial charge in [-0.25, -0.2) is 8.78 Å². The monoisotopic (exact) mass is 308 g/mol. The van der Waals surface area contributed by atoms with Crippen molar-refractivity contribution in [1.82, 2.24) is 0 Å². The van der Waals surface area contributed by atoms with E-state index in [4.69, 9.17) is 0 Å². The number of aliphatic hydroxyl groups is 1. The van der Waals surface area contributed by atoms with Crippen LogP contribution in [-0.4, -0.2) is 17.7 Å². The van der Waals surface area contributed by atoms with Gasteiger partial charge in [0.25, 0.3) is 0 Å². The molecule has 94 valence electrons. The molecule has 0 bridgehead atoms. The summed E-state index contributed by atoms with van der Waals surface area (Å²) in [5.41, 5.74) is -0.280. The van der Waals surface area contributed by atoms with E-state index in [1.807, 2.05) is 0 Å². The highest BCUT2D eigenvalue weighted by molar-refractivity contribution is 9.10. The Bertz CT molecular complexity index is 423. The number of esters is 1. The molecule has 0 amide bonds. The fraction of sp³-hybridized carbons (Fsp3) is 0.364. The molecule has 0 radical (unpaired) electrons. The van der Waals surface area contributed by atoms with Crippen molar-refractivity contribution in [1.29, 1.82) is 0 Å². The predicted molar refractivity (Wildman–Crippen MR) is 60.3 cm³/mol. The third-order valence-electron chi connectivity index (χ3n) is 2.08. The highest BCUT2D eigenvalue weighted by atomic mass is 79.9. The smallest absolute Gasteiger partial charge is 0.308 e. The minimum atomic E-state index is -1.45. The SMILES string of the molecule is CCOC(=O)CC(O)c1c(F)ccc(F)c1Br. The van der Waals surface area contributed by atoms with Crippen LogP contribution in [0.1, 0.15) is 25.0 Å². The van der Waals surface area contributed by atoms with Gasteiger partial charge in [0.1, 0.15) is 11.6 Å². The second-order valence-corrected chi connectivity index (χ2v) is 4.07. The second kappa shape index (κ2) is 6.07. The Morgan fingerprint density at radius 2 is 2.06 bits per heavy atom. The quantitative estimate of drug-likeness (QED) is 0.687. The summed E-state index contributed by atoms with van der Waals surface area (Å²) >= 11 is 2.83. The molecule has 0 aliphatic carbocycles. The van der Waals surface area contributed by atoms with Crippen molar-refractivity contribution < 1.29 is 23.4 Å². The molecule has 1 atom stereocenters. The normalized spacial score (nSPS) is 12.3. The zero-order valence-electron chi connectivity index (χ0n) is 9.04. The van der Waals surface area contributed by atoms with Gasteiger partial charge in [-0.2, -0.15) is 0 Å². The van der Waals surface area contributed by atoms with Crippen LogP contribution >= 0.6 is 15.9 Å². The minimum absolute atomic E-state index is 0.165. The first-order chi connectivity index (χ1) is 7.97. The molecule has 17 heavy (non-hydrogen) atoms. The molecule has 0 saturated heterocycles. The number of halogens is 3. The molecule has 1 aromatic rings. The molecule has 1 aromatic carbocycles. The van der Waals surface area contributed by atoms with Crippen molar-refractivity contribution in [3.8, 4) is 0 Å². The molecule has 3 nitrogen and oxygen atoms in total. The molecular formula is C11H11BrF2O3. The van der Waals surface area contributed by atoms with Gasteiger partial charge in [-0.15, -0.1) is 0 Å². The summed E-state index contributed by atoms with van der Waals surface area (Å²) in [5, 5.41) is 9.67. The number of carbonyl (C=O) groups is 1.